The minimum atomic E-state index is -1.02. The highest BCUT2D eigenvalue weighted by Gasteiger charge is 2.39. The molecule has 4 atom stereocenters. The molecule has 14 nitrogen and oxygen atoms in total. The summed E-state index contributed by atoms with van der Waals surface area (Å²) in [4.78, 5) is 72.2. The monoisotopic (exact) mass is 840 g/mol. The normalized spacial score (nSPS) is 17.1. The zero-order valence-corrected chi connectivity index (χ0v) is 34.4. The number of hydrogen-bond acceptors (Lipinski definition) is 8. The zero-order valence-electron chi connectivity index (χ0n) is 33.6. The Labute approximate surface area is 357 Å². The predicted molar refractivity (Wildman–Crippen MR) is 229 cm³/mol. The number of halogens is 1. The highest BCUT2D eigenvalue weighted by Crippen LogP contribution is 2.37. The van der Waals surface area contributed by atoms with Gasteiger partial charge in [0.15, 0.2) is 0 Å². The number of H-pyrrole nitrogens is 2. The van der Waals surface area contributed by atoms with Gasteiger partial charge in [0.1, 0.15) is 23.7 Å². The molecule has 0 spiro atoms. The number of ether oxygens (including phenoxy) is 2. The molecule has 4 N–H and O–H groups in total. The Bertz CT molecular complexity index is 2510. The molecule has 4 amide bonds. The lowest BCUT2D eigenvalue weighted by molar-refractivity contribution is -0.135. The summed E-state index contributed by atoms with van der Waals surface area (Å²) in [6.45, 7) is 1.05. The number of hydrogen-bond donors (Lipinski definition) is 4. The lowest BCUT2D eigenvalue weighted by atomic mass is 10.0. The number of carbonyl (C=O) groups excluding carboxylic acids is 4. The fraction of sp³-hybridized carbons (Fsp3) is 0.261. The smallest absolute Gasteiger partial charge is 0.407 e. The van der Waals surface area contributed by atoms with Crippen molar-refractivity contribution in [1.82, 2.24) is 40.4 Å². The summed E-state index contributed by atoms with van der Waals surface area (Å²) in [6, 6.07) is 30.0. The van der Waals surface area contributed by atoms with Gasteiger partial charge in [0.25, 0.3) is 11.8 Å². The number of aromatic nitrogens is 4. The molecule has 2 aliphatic heterocycles. The van der Waals surface area contributed by atoms with Crippen molar-refractivity contribution in [3.63, 3.8) is 0 Å². The van der Waals surface area contributed by atoms with Gasteiger partial charge in [-0.05, 0) is 59.6 Å². The fourth-order valence-corrected chi connectivity index (χ4v) is 8.46. The second kappa shape index (κ2) is 18.1. The SMILES string of the molecule is COC(=O)N[C@@H](C(=O)N1CCC[C@H]1c1ncc(-c2ccc(-c3ccc(-c4cnc([C@@H]5CCCN5C(=O)[C@H](NC(=O)OC)c5ccccc5Cl)[nH]4)cc3)cc2)[nH]1)c1ccccc1. The van der Waals surface area contributed by atoms with E-state index in [0.29, 0.717) is 47.3 Å². The van der Waals surface area contributed by atoms with Gasteiger partial charge in [-0.2, -0.15) is 0 Å². The second-order valence-electron chi connectivity index (χ2n) is 15.0. The molecule has 4 aromatic carbocycles. The summed E-state index contributed by atoms with van der Waals surface area (Å²) < 4.78 is 9.65. The van der Waals surface area contributed by atoms with Crippen LogP contribution in [0.25, 0.3) is 33.6 Å². The number of rotatable bonds is 11. The molecule has 8 rings (SSSR count). The first-order valence-electron chi connectivity index (χ1n) is 20.1. The largest absolute Gasteiger partial charge is 0.453 e. The van der Waals surface area contributed by atoms with Crippen molar-refractivity contribution in [2.75, 3.05) is 27.3 Å². The standard InChI is InChI=1S/C46H45ClN8O6/c1-60-45(58)52-39(32-10-4-3-5-11-32)43(56)54-24-8-14-37(54)41-48-26-35(50-41)30-20-16-28(17-21-30)29-18-22-31(23-19-29)36-27-49-42(51-36)38-15-9-25-55(38)44(57)40(53-46(59)61-2)33-12-6-7-13-34(33)47/h3-7,10-13,16-23,26-27,37-40H,8-9,14-15,24-25H2,1-2H3,(H,48,50)(H,49,51)(H,52,58)(H,53,59)/t37-,38-,39+,40+/m0/s1. The number of benzene rings is 4. The number of alkyl carbamates (subject to hydrolysis) is 2. The van der Waals surface area contributed by atoms with E-state index in [-0.39, 0.29) is 23.9 Å². The van der Waals surface area contributed by atoms with Crippen LogP contribution in [-0.2, 0) is 19.1 Å². The number of methoxy groups -OCH3 is 2. The lowest BCUT2D eigenvalue weighted by Crippen LogP contribution is -2.43. The van der Waals surface area contributed by atoms with Gasteiger partial charge in [-0.1, -0.05) is 109 Å². The molecule has 4 heterocycles. The molecule has 2 aliphatic rings. The van der Waals surface area contributed by atoms with Crippen LogP contribution in [0.1, 0.15) is 72.6 Å². The Morgan fingerprint density at radius 3 is 1.56 bits per heavy atom. The molecule has 0 aliphatic carbocycles. The predicted octanol–water partition coefficient (Wildman–Crippen LogP) is 8.31. The Morgan fingerprint density at radius 2 is 1.07 bits per heavy atom. The first-order valence-corrected chi connectivity index (χ1v) is 20.5. The second-order valence-corrected chi connectivity index (χ2v) is 15.4. The summed E-state index contributed by atoms with van der Waals surface area (Å²) >= 11 is 6.47. The third kappa shape index (κ3) is 8.71. The van der Waals surface area contributed by atoms with Crippen molar-refractivity contribution >= 4 is 35.6 Å². The van der Waals surface area contributed by atoms with Crippen LogP contribution in [0.3, 0.4) is 0 Å². The number of nitrogens with one attached hydrogen (secondary N) is 4. The quantitative estimate of drug-likeness (QED) is 0.101. The van der Waals surface area contributed by atoms with Gasteiger partial charge in [0.2, 0.25) is 0 Å². The topological polar surface area (TPSA) is 175 Å². The maximum absolute atomic E-state index is 14.0. The van der Waals surface area contributed by atoms with E-state index in [1.165, 1.54) is 14.2 Å². The van der Waals surface area contributed by atoms with E-state index < -0.39 is 24.3 Å². The van der Waals surface area contributed by atoms with E-state index in [4.69, 9.17) is 31.0 Å². The molecule has 0 bridgehead atoms. The van der Waals surface area contributed by atoms with Crippen molar-refractivity contribution in [1.29, 1.82) is 0 Å². The fourth-order valence-electron chi connectivity index (χ4n) is 8.22. The van der Waals surface area contributed by atoms with Crippen LogP contribution in [0.15, 0.2) is 116 Å². The lowest BCUT2D eigenvalue weighted by Gasteiger charge is -2.28. The van der Waals surface area contributed by atoms with Crippen LogP contribution >= 0.6 is 11.6 Å². The Balaban J connectivity index is 0.932. The van der Waals surface area contributed by atoms with E-state index in [1.54, 1.807) is 46.5 Å². The van der Waals surface area contributed by atoms with Gasteiger partial charge >= 0.3 is 12.2 Å². The third-order valence-electron chi connectivity index (χ3n) is 11.4. The zero-order chi connectivity index (χ0) is 42.5. The minimum absolute atomic E-state index is 0.220. The average Bonchev–Trinajstić information content (AvgIpc) is 4.15. The molecular formula is C46H45ClN8O6. The van der Waals surface area contributed by atoms with E-state index >= 15 is 0 Å². The van der Waals surface area contributed by atoms with Gasteiger partial charge in [-0.3, -0.25) is 9.59 Å². The van der Waals surface area contributed by atoms with Crippen molar-refractivity contribution < 1.29 is 28.7 Å². The number of likely N-dealkylation sites (tertiary alicyclic amines) is 2. The molecule has 2 aromatic heterocycles. The Morgan fingerprint density at radius 1 is 0.623 bits per heavy atom. The molecule has 2 saturated heterocycles. The molecule has 0 unspecified atom stereocenters. The van der Waals surface area contributed by atoms with Crippen LogP contribution < -0.4 is 10.6 Å². The average molecular weight is 841 g/mol. The minimum Gasteiger partial charge on any atom is -0.453 e. The summed E-state index contributed by atoms with van der Waals surface area (Å²) in [5, 5.41) is 5.74. The van der Waals surface area contributed by atoms with E-state index in [1.807, 2.05) is 54.6 Å². The molecular weight excluding hydrogens is 796 g/mol. The summed E-state index contributed by atoms with van der Waals surface area (Å²) in [5.41, 5.74) is 6.77. The summed E-state index contributed by atoms with van der Waals surface area (Å²) in [7, 11) is 2.53. The van der Waals surface area contributed by atoms with Gasteiger partial charge < -0.3 is 39.9 Å². The highest BCUT2D eigenvalue weighted by molar-refractivity contribution is 6.31. The van der Waals surface area contributed by atoms with Gasteiger partial charge in [-0.25, -0.2) is 19.6 Å². The van der Waals surface area contributed by atoms with Gasteiger partial charge in [-0.15, -0.1) is 0 Å². The summed E-state index contributed by atoms with van der Waals surface area (Å²) in [5.74, 6) is 0.843. The van der Waals surface area contributed by atoms with Gasteiger partial charge in [0, 0.05) is 23.7 Å². The van der Waals surface area contributed by atoms with E-state index in [0.717, 1.165) is 52.9 Å². The molecule has 312 valence electrons. The first-order chi connectivity index (χ1) is 29.7. The molecule has 0 radical (unpaired) electrons. The van der Waals surface area contributed by atoms with Crippen LogP contribution in [0, 0.1) is 0 Å². The van der Waals surface area contributed by atoms with Crippen LogP contribution in [0.4, 0.5) is 9.59 Å². The highest BCUT2D eigenvalue weighted by atomic mass is 35.5. The van der Waals surface area contributed by atoms with E-state index in [2.05, 4.69) is 44.9 Å². The number of aromatic amines is 2. The molecule has 6 aromatic rings. The number of nitrogens with zero attached hydrogens (tertiary/aromatic N) is 4. The van der Waals surface area contributed by atoms with Crippen molar-refractivity contribution in [2.24, 2.45) is 0 Å². The number of amides is 4. The molecule has 15 heteroatoms. The molecule has 61 heavy (non-hydrogen) atoms. The van der Waals surface area contributed by atoms with E-state index in [9.17, 15) is 19.2 Å². The van der Waals surface area contributed by atoms with Crippen LogP contribution in [0.5, 0.6) is 0 Å². The first kappa shape index (κ1) is 40.8. The van der Waals surface area contributed by atoms with Gasteiger partial charge in [0.05, 0.1) is 50.1 Å². The number of carbonyl (C=O) groups is 4. The Hall–Kier alpha value is -6.93. The van der Waals surface area contributed by atoms with Crippen molar-refractivity contribution in [2.45, 2.75) is 49.9 Å². The Kier molecular flexibility index (Phi) is 12.1. The maximum Gasteiger partial charge on any atom is 0.407 e. The van der Waals surface area contributed by atoms with Crippen LogP contribution in [0.2, 0.25) is 5.02 Å². The molecule has 0 saturated carbocycles. The molecule has 2 fully saturated rings. The van der Waals surface area contributed by atoms with Crippen LogP contribution in [-0.4, -0.2) is 81.0 Å². The maximum atomic E-state index is 14.0. The van der Waals surface area contributed by atoms with Crippen molar-refractivity contribution in [3.05, 3.63) is 143 Å². The third-order valence-corrected chi connectivity index (χ3v) is 11.7. The van der Waals surface area contributed by atoms with Crippen molar-refractivity contribution in [3.8, 4) is 33.6 Å². The number of imidazole rings is 2. The summed E-state index contributed by atoms with van der Waals surface area (Å²) in [6.07, 6.45) is 5.21.